The fourth-order valence-corrected chi connectivity index (χ4v) is 3.05. The molecule has 120 valence electrons. The van der Waals surface area contributed by atoms with E-state index < -0.39 is 12.2 Å². The highest BCUT2D eigenvalue weighted by atomic mass is 16.3. The fourth-order valence-electron chi connectivity index (χ4n) is 3.05. The number of hydrogen-bond acceptors (Lipinski definition) is 4. The van der Waals surface area contributed by atoms with Gasteiger partial charge in [0, 0.05) is 44.7 Å². The lowest BCUT2D eigenvalue weighted by Gasteiger charge is -2.28. The molecule has 22 heavy (non-hydrogen) atoms. The molecule has 0 bridgehead atoms. The largest absolute Gasteiger partial charge is 0.389 e. The first-order valence-corrected chi connectivity index (χ1v) is 7.56. The van der Waals surface area contributed by atoms with Crippen molar-refractivity contribution in [2.45, 2.75) is 26.1 Å². The zero-order valence-corrected chi connectivity index (χ0v) is 14.3. The monoisotopic (exact) mass is 302 g/mol. The number of fused-ring (bicyclic) bond motifs is 1. The van der Waals surface area contributed by atoms with E-state index >= 15 is 0 Å². The average molecular weight is 302 g/mol. The molecule has 0 heterocycles. The summed E-state index contributed by atoms with van der Waals surface area (Å²) >= 11 is 0. The lowest BCUT2D eigenvalue weighted by atomic mass is 9.94. The molecule has 4 nitrogen and oxygen atoms in total. The van der Waals surface area contributed by atoms with E-state index in [0.717, 1.165) is 33.3 Å². The van der Waals surface area contributed by atoms with Gasteiger partial charge in [-0.3, -0.25) is 0 Å². The molecule has 2 atom stereocenters. The number of hydrogen-bond donors (Lipinski definition) is 2. The quantitative estimate of drug-likeness (QED) is 0.911. The minimum absolute atomic E-state index is 0.549. The Hall–Kier alpha value is -1.78. The van der Waals surface area contributed by atoms with Crippen LogP contribution in [0, 0.1) is 0 Å². The summed E-state index contributed by atoms with van der Waals surface area (Å²) in [5, 5.41) is 22.4. The molecule has 0 aliphatic rings. The molecule has 2 rings (SSSR count). The Morgan fingerprint density at radius 1 is 0.727 bits per heavy atom. The molecule has 2 N–H and O–H groups in total. The number of aliphatic hydroxyl groups is 2. The summed E-state index contributed by atoms with van der Waals surface area (Å²) < 4.78 is 0. The van der Waals surface area contributed by atoms with Crippen LogP contribution in [-0.4, -0.2) is 38.4 Å². The lowest BCUT2D eigenvalue weighted by molar-refractivity contribution is 0.200. The van der Waals surface area contributed by atoms with Crippen molar-refractivity contribution in [3.8, 4) is 0 Å². The zero-order chi connectivity index (χ0) is 16.6. The summed E-state index contributed by atoms with van der Waals surface area (Å²) in [6.45, 7) is 3.56. The second-order valence-corrected chi connectivity index (χ2v) is 6.25. The van der Waals surface area contributed by atoms with Gasteiger partial charge in [-0.2, -0.15) is 0 Å². The van der Waals surface area contributed by atoms with E-state index in [0.29, 0.717) is 0 Å². The second-order valence-electron chi connectivity index (χ2n) is 6.25. The smallest absolute Gasteiger partial charge is 0.0782 e. The zero-order valence-electron chi connectivity index (χ0n) is 14.3. The first kappa shape index (κ1) is 16.6. The van der Waals surface area contributed by atoms with Gasteiger partial charge in [0.1, 0.15) is 0 Å². The van der Waals surface area contributed by atoms with Crippen LogP contribution < -0.4 is 9.80 Å². The SMILES string of the molecule is CC(O)c1ccc2ccc(C(C)O)c(N(C)C)c2c1N(C)C. The summed E-state index contributed by atoms with van der Waals surface area (Å²) in [7, 11) is 7.93. The second kappa shape index (κ2) is 6.15. The van der Waals surface area contributed by atoms with Crippen molar-refractivity contribution >= 4 is 22.1 Å². The van der Waals surface area contributed by atoms with Crippen LogP contribution in [-0.2, 0) is 0 Å². The molecule has 0 amide bonds. The normalized spacial score (nSPS) is 14.0. The molecule has 0 saturated carbocycles. The van der Waals surface area contributed by atoms with Crippen molar-refractivity contribution in [3.05, 3.63) is 35.4 Å². The maximum Gasteiger partial charge on any atom is 0.0782 e. The van der Waals surface area contributed by atoms with Crippen molar-refractivity contribution in [2.75, 3.05) is 38.0 Å². The van der Waals surface area contributed by atoms with E-state index in [-0.39, 0.29) is 0 Å². The highest BCUT2D eigenvalue weighted by Crippen LogP contribution is 2.42. The molecule has 0 saturated heterocycles. The van der Waals surface area contributed by atoms with Crippen LogP contribution >= 0.6 is 0 Å². The first-order chi connectivity index (χ1) is 10.3. The van der Waals surface area contributed by atoms with Crippen LogP contribution in [0.25, 0.3) is 10.8 Å². The summed E-state index contributed by atoms with van der Waals surface area (Å²) in [5.74, 6) is 0. The van der Waals surface area contributed by atoms with Gasteiger partial charge >= 0.3 is 0 Å². The molecule has 4 heteroatoms. The van der Waals surface area contributed by atoms with Gasteiger partial charge in [0.15, 0.2) is 0 Å². The molecule has 0 aliphatic heterocycles. The van der Waals surface area contributed by atoms with Crippen molar-refractivity contribution < 1.29 is 10.2 Å². The van der Waals surface area contributed by atoms with Gasteiger partial charge in [0.2, 0.25) is 0 Å². The van der Waals surface area contributed by atoms with Crippen LogP contribution in [0.4, 0.5) is 11.4 Å². The number of nitrogens with zero attached hydrogens (tertiary/aromatic N) is 2. The Balaban J connectivity index is 2.99. The Kier molecular flexibility index (Phi) is 4.63. The first-order valence-electron chi connectivity index (χ1n) is 7.56. The van der Waals surface area contributed by atoms with E-state index in [1.807, 2.05) is 62.3 Å². The third-order valence-electron chi connectivity index (χ3n) is 3.99. The van der Waals surface area contributed by atoms with Gasteiger partial charge in [0.25, 0.3) is 0 Å². The van der Waals surface area contributed by atoms with Crippen molar-refractivity contribution in [1.82, 2.24) is 0 Å². The van der Waals surface area contributed by atoms with Gasteiger partial charge in [-0.25, -0.2) is 0 Å². The summed E-state index contributed by atoms with van der Waals surface area (Å²) in [6, 6.07) is 8.01. The van der Waals surface area contributed by atoms with Crippen LogP contribution in [0.2, 0.25) is 0 Å². The van der Waals surface area contributed by atoms with Crippen LogP contribution in [0.3, 0.4) is 0 Å². The van der Waals surface area contributed by atoms with Gasteiger partial charge < -0.3 is 20.0 Å². The standard InChI is InChI=1S/C18H26N2O2/c1-11(21)14-9-7-13-8-10-15(12(2)22)18(20(5)6)16(13)17(14)19(3)4/h7-12,21-22H,1-6H3. The maximum atomic E-state index is 10.1. The molecule has 0 fully saturated rings. The summed E-state index contributed by atoms with van der Waals surface area (Å²) in [6.07, 6.45) is -1.10. The van der Waals surface area contributed by atoms with Crippen molar-refractivity contribution in [1.29, 1.82) is 0 Å². The summed E-state index contributed by atoms with van der Waals surface area (Å²) in [4.78, 5) is 4.06. The molecule has 0 radical (unpaired) electrons. The molecule has 2 unspecified atom stereocenters. The van der Waals surface area contributed by atoms with E-state index in [2.05, 4.69) is 0 Å². The Labute approximate surface area is 132 Å². The van der Waals surface area contributed by atoms with E-state index in [4.69, 9.17) is 0 Å². The Bertz CT molecular complexity index is 622. The lowest BCUT2D eigenvalue weighted by Crippen LogP contribution is -2.17. The van der Waals surface area contributed by atoms with Gasteiger partial charge in [-0.05, 0) is 19.2 Å². The average Bonchev–Trinajstić information content (AvgIpc) is 2.43. The third kappa shape index (κ3) is 2.76. The van der Waals surface area contributed by atoms with Crippen LogP contribution in [0.15, 0.2) is 24.3 Å². The van der Waals surface area contributed by atoms with Crippen LogP contribution in [0.1, 0.15) is 37.2 Å². The predicted octanol–water partition coefficient (Wildman–Crippen LogP) is 3.08. The van der Waals surface area contributed by atoms with Crippen molar-refractivity contribution in [2.24, 2.45) is 0 Å². The molecule has 0 aliphatic carbocycles. The van der Waals surface area contributed by atoms with Gasteiger partial charge in [-0.15, -0.1) is 0 Å². The van der Waals surface area contributed by atoms with Crippen molar-refractivity contribution in [3.63, 3.8) is 0 Å². The molecular formula is C18H26N2O2. The molecule has 0 spiro atoms. The predicted molar refractivity (Wildman–Crippen MR) is 93.9 cm³/mol. The maximum absolute atomic E-state index is 10.1. The van der Waals surface area contributed by atoms with Gasteiger partial charge in [-0.1, -0.05) is 24.3 Å². The van der Waals surface area contributed by atoms with E-state index in [1.54, 1.807) is 13.8 Å². The topological polar surface area (TPSA) is 46.9 Å². The third-order valence-corrected chi connectivity index (χ3v) is 3.99. The number of benzene rings is 2. The van der Waals surface area contributed by atoms with E-state index in [9.17, 15) is 10.2 Å². The summed E-state index contributed by atoms with van der Waals surface area (Å²) in [5.41, 5.74) is 3.78. The molecule has 2 aromatic rings. The minimum atomic E-state index is -0.549. The highest BCUT2D eigenvalue weighted by molar-refractivity contribution is 6.06. The number of rotatable bonds is 4. The number of aliphatic hydroxyl groups excluding tert-OH is 2. The minimum Gasteiger partial charge on any atom is -0.389 e. The molecule has 2 aromatic carbocycles. The number of anilines is 2. The molecule has 0 aromatic heterocycles. The molecular weight excluding hydrogens is 276 g/mol. The Morgan fingerprint density at radius 3 is 1.36 bits per heavy atom. The fraction of sp³-hybridized carbons (Fsp3) is 0.444. The Morgan fingerprint density at radius 2 is 1.09 bits per heavy atom. The van der Waals surface area contributed by atoms with Gasteiger partial charge in [0.05, 0.1) is 23.6 Å². The van der Waals surface area contributed by atoms with E-state index in [1.165, 1.54) is 0 Å². The van der Waals surface area contributed by atoms with Crippen LogP contribution in [0.5, 0.6) is 0 Å². The highest BCUT2D eigenvalue weighted by Gasteiger charge is 2.20.